The predicted octanol–water partition coefficient (Wildman–Crippen LogP) is -0.763. The maximum absolute atomic E-state index is 11.9. The van der Waals surface area contributed by atoms with E-state index in [1.165, 1.54) is 0 Å². The van der Waals surface area contributed by atoms with Gasteiger partial charge in [0.15, 0.2) is 0 Å². The second-order valence-corrected chi connectivity index (χ2v) is 4.74. The fraction of sp³-hybridized carbons (Fsp3) is 0.818. The molecule has 0 bridgehead atoms. The minimum absolute atomic E-state index is 0.00901. The van der Waals surface area contributed by atoms with E-state index in [0.29, 0.717) is 5.92 Å². The van der Waals surface area contributed by atoms with E-state index in [2.05, 4.69) is 22.9 Å². The molecule has 0 spiro atoms. The molecule has 2 saturated heterocycles. The van der Waals surface area contributed by atoms with Crippen LogP contribution >= 0.6 is 0 Å². The first-order chi connectivity index (χ1) is 7.68. The van der Waals surface area contributed by atoms with Crippen LogP contribution in [0.1, 0.15) is 19.8 Å². The minimum Gasteiger partial charge on any atom is -0.354 e. The number of rotatable bonds is 2. The molecule has 3 unspecified atom stereocenters. The highest BCUT2D eigenvalue weighted by Crippen LogP contribution is 2.16. The Morgan fingerprint density at radius 3 is 2.88 bits per heavy atom. The first-order valence-corrected chi connectivity index (χ1v) is 5.97. The van der Waals surface area contributed by atoms with Crippen molar-refractivity contribution in [1.82, 2.24) is 16.0 Å². The van der Waals surface area contributed by atoms with E-state index >= 15 is 0 Å². The van der Waals surface area contributed by atoms with Crippen LogP contribution in [0, 0.1) is 11.8 Å². The van der Waals surface area contributed by atoms with Crippen molar-refractivity contribution in [3.63, 3.8) is 0 Å². The maximum atomic E-state index is 11.9. The van der Waals surface area contributed by atoms with Gasteiger partial charge in [0.2, 0.25) is 11.8 Å². The monoisotopic (exact) mass is 225 g/mol. The molecule has 2 aliphatic heterocycles. The van der Waals surface area contributed by atoms with E-state index in [-0.39, 0.29) is 23.8 Å². The molecule has 3 atom stereocenters. The molecule has 2 rings (SSSR count). The van der Waals surface area contributed by atoms with Gasteiger partial charge in [-0.3, -0.25) is 9.59 Å². The van der Waals surface area contributed by atoms with Gasteiger partial charge in [0, 0.05) is 13.1 Å². The maximum Gasteiger partial charge on any atom is 0.242 e. The van der Waals surface area contributed by atoms with Crippen molar-refractivity contribution in [3.05, 3.63) is 0 Å². The molecular weight excluding hydrogens is 206 g/mol. The molecule has 0 aromatic rings. The standard InChI is InChI=1S/C11H19N3O2/c1-7-5-12-6-8(7)10(15)14-9-3-2-4-13-11(9)16/h7-9,12H,2-6H2,1H3,(H,13,16)(H,14,15). The first kappa shape index (κ1) is 11.4. The van der Waals surface area contributed by atoms with Crippen molar-refractivity contribution in [2.75, 3.05) is 19.6 Å². The van der Waals surface area contributed by atoms with E-state index in [9.17, 15) is 9.59 Å². The lowest BCUT2D eigenvalue weighted by Gasteiger charge is -2.24. The van der Waals surface area contributed by atoms with Crippen LogP contribution in [0.2, 0.25) is 0 Å². The largest absolute Gasteiger partial charge is 0.354 e. The second-order valence-electron chi connectivity index (χ2n) is 4.74. The van der Waals surface area contributed by atoms with Crippen LogP contribution in [-0.4, -0.2) is 37.5 Å². The van der Waals surface area contributed by atoms with Gasteiger partial charge in [0.05, 0.1) is 5.92 Å². The summed E-state index contributed by atoms with van der Waals surface area (Å²) in [6, 6.07) is -0.325. The summed E-state index contributed by atoms with van der Waals surface area (Å²) in [7, 11) is 0. The Balaban J connectivity index is 1.88. The Kier molecular flexibility index (Phi) is 3.43. The van der Waals surface area contributed by atoms with E-state index in [1.54, 1.807) is 0 Å². The second kappa shape index (κ2) is 4.82. The van der Waals surface area contributed by atoms with Gasteiger partial charge in [0.1, 0.15) is 6.04 Å². The van der Waals surface area contributed by atoms with Gasteiger partial charge in [-0.15, -0.1) is 0 Å². The van der Waals surface area contributed by atoms with E-state index in [1.807, 2.05) is 0 Å². The quantitative estimate of drug-likeness (QED) is 0.578. The Morgan fingerprint density at radius 2 is 2.25 bits per heavy atom. The average molecular weight is 225 g/mol. The smallest absolute Gasteiger partial charge is 0.242 e. The van der Waals surface area contributed by atoms with Crippen molar-refractivity contribution >= 4 is 11.8 Å². The van der Waals surface area contributed by atoms with Crippen molar-refractivity contribution in [2.45, 2.75) is 25.8 Å². The highest BCUT2D eigenvalue weighted by molar-refractivity contribution is 5.89. The molecule has 3 N–H and O–H groups in total. The molecule has 2 aliphatic rings. The summed E-state index contributed by atoms with van der Waals surface area (Å²) in [6.07, 6.45) is 1.70. The van der Waals surface area contributed by atoms with E-state index < -0.39 is 0 Å². The molecule has 5 nitrogen and oxygen atoms in total. The zero-order chi connectivity index (χ0) is 11.5. The molecule has 0 saturated carbocycles. The van der Waals surface area contributed by atoms with Crippen LogP contribution in [0.25, 0.3) is 0 Å². The third kappa shape index (κ3) is 2.35. The zero-order valence-corrected chi connectivity index (χ0v) is 9.58. The summed E-state index contributed by atoms with van der Waals surface area (Å²) < 4.78 is 0. The lowest BCUT2D eigenvalue weighted by molar-refractivity contribution is -0.132. The van der Waals surface area contributed by atoms with Crippen LogP contribution in [0.5, 0.6) is 0 Å². The van der Waals surface area contributed by atoms with E-state index in [0.717, 1.165) is 32.5 Å². The summed E-state index contributed by atoms with van der Waals surface area (Å²) in [5.74, 6) is 0.333. The third-order valence-electron chi connectivity index (χ3n) is 3.46. The van der Waals surface area contributed by atoms with Crippen LogP contribution < -0.4 is 16.0 Å². The van der Waals surface area contributed by atoms with Gasteiger partial charge >= 0.3 is 0 Å². The van der Waals surface area contributed by atoms with Gasteiger partial charge in [-0.2, -0.15) is 0 Å². The SMILES string of the molecule is CC1CNCC1C(=O)NC1CCCNC1=O. The number of piperidine rings is 1. The van der Waals surface area contributed by atoms with Crippen molar-refractivity contribution in [1.29, 1.82) is 0 Å². The first-order valence-electron chi connectivity index (χ1n) is 5.97. The van der Waals surface area contributed by atoms with Crippen LogP contribution in [0.15, 0.2) is 0 Å². The molecule has 0 aromatic carbocycles. The minimum atomic E-state index is -0.325. The Morgan fingerprint density at radius 1 is 1.44 bits per heavy atom. The molecule has 0 radical (unpaired) electrons. The Labute approximate surface area is 95.3 Å². The molecule has 16 heavy (non-hydrogen) atoms. The molecule has 2 heterocycles. The lowest BCUT2D eigenvalue weighted by atomic mass is 9.96. The van der Waals surface area contributed by atoms with Crippen LogP contribution in [-0.2, 0) is 9.59 Å². The summed E-state index contributed by atoms with van der Waals surface area (Å²) >= 11 is 0. The molecule has 0 aliphatic carbocycles. The van der Waals surface area contributed by atoms with Crippen molar-refractivity contribution in [2.24, 2.45) is 11.8 Å². The lowest BCUT2D eigenvalue weighted by Crippen LogP contribution is -2.52. The number of nitrogens with one attached hydrogen (secondary N) is 3. The topological polar surface area (TPSA) is 70.2 Å². The van der Waals surface area contributed by atoms with E-state index in [4.69, 9.17) is 0 Å². The van der Waals surface area contributed by atoms with Gasteiger partial charge < -0.3 is 16.0 Å². The highest BCUT2D eigenvalue weighted by atomic mass is 16.2. The third-order valence-corrected chi connectivity index (χ3v) is 3.46. The number of hydrogen-bond acceptors (Lipinski definition) is 3. The van der Waals surface area contributed by atoms with Crippen molar-refractivity contribution in [3.8, 4) is 0 Å². The molecule has 5 heteroatoms. The normalized spacial score (nSPS) is 34.6. The molecule has 0 aromatic heterocycles. The van der Waals surface area contributed by atoms with Gasteiger partial charge in [0.25, 0.3) is 0 Å². The Hall–Kier alpha value is -1.10. The van der Waals surface area contributed by atoms with Crippen LogP contribution in [0.4, 0.5) is 0 Å². The molecule has 2 amide bonds. The summed E-state index contributed by atoms with van der Waals surface area (Å²) in [5.41, 5.74) is 0. The average Bonchev–Trinajstić information content (AvgIpc) is 2.68. The van der Waals surface area contributed by atoms with Crippen LogP contribution in [0.3, 0.4) is 0 Å². The molecule has 2 fully saturated rings. The van der Waals surface area contributed by atoms with Gasteiger partial charge in [-0.1, -0.05) is 6.92 Å². The van der Waals surface area contributed by atoms with Gasteiger partial charge in [-0.05, 0) is 25.3 Å². The number of carbonyl (C=O) groups is 2. The number of carbonyl (C=O) groups excluding carboxylic acids is 2. The summed E-state index contributed by atoms with van der Waals surface area (Å²) in [6.45, 7) is 4.40. The molecular formula is C11H19N3O2. The Bertz CT molecular complexity index is 293. The zero-order valence-electron chi connectivity index (χ0n) is 9.58. The fourth-order valence-electron chi connectivity index (χ4n) is 2.35. The van der Waals surface area contributed by atoms with Gasteiger partial charge in [-0.25, -0.2) is 0 Å². The number of hydrogen-bond donors (Lipinski definition) is 3. The summed E-state index contributed by atoms with van der Waals surface area (Å²) in [5, 5.41) is 8.81. The van der Waals surface area contributed by atoms with Crippen molar-refractivity contribution < 1.29 is 9.59 Å². The number of amides is 2. The predicted molar refractivity (Wildman–Crippen MR) is 59.7 cm³/mol. The highest BCUT2D eigenvalue weighted by Gasteiger charge is 2.32. The summed E-state index contributed by atoms with van der Waals surface area (Å²) in [4.78, 5) is 23.4. The molecule has 90 valence electrons. The fourth-order valence-corrected chi connectivity index (χ4v) is 2.35.